The summed E-state index contributed by atoms with van der Waals surface area (Å²) in [5.74, 6) is 1.38. The van der Waals surface area contributed by atoms with E-state index in [1.807, 2.05) is 56.4 Å². The zero-order valence-corrected chi connectivity index (χ0v) is 21.4. The number of ether oxygens (including phenoxy) is 1. The molecule has 32 heavy (non-hydrogen) atoms. The van der Waals surface area contributed by atoms with Crippen LogP contribution in [0.1, 0.15) is 41.3 Å². The third kappa shape index (κ3) is 8.09. The summed E-state index contributed by atoms with van der Waals surface area (Å²) >= 11 is 0. The first-order valence-electron chi connectivity index (χ1n) is 11.1. The van der Waals surface area contributed by atoms with E-state index in [0.29, 0.717) is 31.2 Å². The van der Waals surface area contributed by atoms with Crippen molar-refractivity contribution in [2.45, 2.75) is 32.9 Å². The Morgan fingerprint density at radius 3 is 2.66 bits per heavy atom. The highest BCUT2D eigenvalue weighted by atomic mass is 127. The standard InChI is InChI=1S/C25H34N4O2.HI/c1-3-13-27-24(30)23-11-7-10-21(15-23)16-28-25(26-2)29-14-12-22(17-29)19-31-18-20-8-5-4-6-9-20;/h4-11,15,22H,3,12-14,16-19H2,1-2H3,(H,26,28)(H,27,30);1H. The number of rotatable bonds is 9. The zero-order chi connectivity index (χ0) is 21.9. The number of nitrogens with zero attached hydrogens (tertiary/aromatic N) is 2. The first-order chi connectivity index (χ1) is 15.2. The number of carbonyl (C=O) groups excluding carboxylic acids is 1. The Morgan fingerprint density at radius 1 is 1.12 bits per heavy atom. The second-order valence-corrected chi connectivity index (χ2v) is 7.96. The summed E-state index contributed by atoms with van der Waals surface area (Å²) in [6.45, 7) is 6.70. The largest absolute Gasteiger partial charge is 0.376 e. The van der Waals surface area contributed by atoms with Crippen molar-refractivity contribution in [3.8, 4) is 0 Å². The molecule has 2 aromatic carbocycles. The fraction of sp³-hybridized carbons (Fsp3) is 0.440. The van der Waals surface area contributed by atoms with Gasteiger partial charge in [-0.1, -0.05) is 49.4 Å². The summed E-state index contributed by atoms with van der Waals surface area (Å²) < 4.78 is 5.93. The van der Waals surface area contributed by atoms with E-state index in [1.165, 1.54) is 5.56 Å². The number of nitrogens with one attached hydrogen (secondary N) is 2. The first-order valence-corrected chi connectivity index (χ1v) is 11.1. The van der Waals surface area contributed by atoms with E-state index in [2.05, 4.69) is 32.7 Å². The number of amides is 1. The Kier molecular flexibility index (Phi) is 11.5. The van der Waals surface area contributed by atoms with E-state index in [-0.39, 0.29) is 29.9 Å². The summed E-state index contributed by atoms with van der Waals surface area (Å²) in [5, 5.41) is 6.37. The van der Waals surface area contributed by atoms with Crippen molar-refractivity contribution in [3.63, 3.8) is 0 Å². The Balaban J connectivity index is 0.00000363. The smallest absolute Gasteiger partial charge is 0.251 e. The van der Waals surface area contributed by atoms with E-state index >= 15 is 0 Å². The number of guanidine groups is 1. The van der Waals surface area contributed by atoms with Crippen LogP contribution in [0, 0.1) is 5.92 Å². The second-order valence-electron chi connectivity index (χ2n) is 7.96. The summed E-state index contributed by atoms with van der Waals surface area (Å²) in [7, 11) is 1.82. The second kappa shape index (κ2) is 14.1. The van der Waals surface area contributed by atoms with Crippen molar-refractivity contribution in [1.82, 2.24) is 15.5 Å². The van der Waals surface area contributed by atoms with Crippen molar-refractivity contribution in [3.05, 3.63) is 71.3 Å². The van der Waals surface area contributed by atoms with Crippen LogP contribution < -0.4 is 10.6 Å². The molecule has 0 bridgehead atoms. The molecule has 0 radical (unpaired) electrons. The molecule has 1 amide bonds. The van der Waals surface area contributed by atoms with Crippen molar-refractivity contribution < 1.29 is 9.53 Å². The molecule has 0 saturated carbocycles. The van der Waals surface area contributed by atoms with Crippen LogP contribution in [0.25, 0.3) is 0 Å². The number of halogens is 1. The number of likely N-dealkylation sites (tertiary alicyclic amines) is 1. The van der Waals surface area contributed by atoms with Gasteiger partial charge in [-0.15, -0.1) is 24.0 Å². The van der Waals surface area contributed by atoms with Crippen LogP contribution in [0.5, 0.6) is 0 Å². The average molecular weight is 550 g/mol. The van der Waals surface area contributed by atoms with Crippen LogP contribution in [-0.4, -0.2) is 50.1 Å². The SMILES string of the molecule is CCCNC(=O)c1cccc(CNC(=NC)N2CCC(COCc3ccccc3)C2)c1.I. The molecule has 6 nitrogen and oxygen atoms in total. The molecular weight excluding hydrogens is 515 g/mol. The Bertz CT molecular complexity index is 860. The lowest BCUT2D eigenvalue weighted by Crippen LogP contribution is -2.39. The predicted molar refractivity (Wildman–Crippen MR) is 140 cm³/mol. The van der Waals surface area contributed by atoms with E-state index in [4.69, 9.17) is 4.74 Å². The molecule has 1 aliphatic heterocycles. The molecule has 0 aromatic heterocycles. The van der Waals surface area contributed by atoms with E-state index in [0.717, 1.165) is 44.1 Å². The maximum Gasteiger partial charge on any atom is 0.251 e. The topological polar surface area (TPSA) is 66.0 Å². The number of hydrogen-bond donors (Lipinski definition) is 2. The van der Waals surface area contributed by atoms with Crippen LogP contribution >= 0.6 is 24.0 Å². The lowest BCUT2D eigenvalue weighted by atomic mass is 10.1. The third-order valence-electron chi connectivity index (χ3n) is 5.44. The van der Waals surface area contributed by atoms with Gasteiger partial charge in [-0.3, -0.25) is 9.79 Å². The Morgan fingerprint density at radius 2 is 1.91 bits per heavy atom. The lowest BCUT2D eigenvalue weighted by Gasteiger charge is -2.22. The quantitative estimate of drug-likeness (QED) is 0.281. The molecule has 1 unspecified atom stereocenters. The third-order valence-corrected chi connectivity index (χ3v) is 5.44. The van der Waals surface area contributed by atoms with Crippen molar-refractivity contribution in [1.29, 1.82) is 0 Å². The van der Waals surface area contributed by atoms with E-state index in [9.17, 15) is 4.79 Å². The zero-order valence-electron chi connectivity index (χ0n) is 19.0. The lowest BCUT2D eigenvalue weighted by molar-refractivity contribution is 0.0906. The van der Waals surface area contributed by atoms with Crippen molar-refractivity contribution >= 4 is 35.8 Å². The van der Waals surface area contributed by atoms with Crippen LogP contribution in [0.3, 0.4) is 0 Å². The summed E-state index contributed by atoms with van der Waals surface area (Å²) in [4.78, 5) is 18.9. The first kappa shape index (κ1) is 26.1. The molecule has 0 aliphatic carbocycles. The van der Waals surface area contributed by atoms with Gasteiger partial charge < -0.3 is 20.3 Å². The van der Waals surface area contributed by atoms with Crippen molar-refractivity contribution in [2.75, 3.05) is 33.3 Å². The van der Waals surface area contributed by atoms with Gasteiger partial charge in [0.25, 0.3) is 5.91 Å². The van der Waals surface area contributed by atoms with Gasteiger partial charge >= 0.3 is 0 Å². The van der Waals surface area contributed by atoms with Gasteiger partial charge in [-0.2, -0.15) is 0 Å². The van der Waals surface area contributed by atoms with Gasteiger partial charge in [0.05, 0.1) is 13.2 Å². The minimum Gasteiger partial charge on any atom is -0.376 e. The van der Waals surface area contributed by atoms with Crippen molar-refractivity contribution in [2.24, 2.45) is 10.9 Å². The van der Waals surface area contributed by atoms with Crippen LogP contribution in [-0.2, 0) is 17.9 Å². The summed E-state index contributed by atoms with van der Waals surface area (Å²) in [6.07, 6.45) is 2.03. The fourth-order valence-electron chi connectivity index (χ4n) is 3.76. The molecule has 7 heteroatoms. The van der Waals surface area contributed by atoms with Gasteiger partial charge in [0.2, 0.25) is 0 Å². The van der Waals surface area contributed by atoms with E-state index in [1.54, 1.807) is 0 Å². The molecule has 1 saturated heterocycles. The molecule has 2 N–H and O–H groups in total. The van der Waals surface area contributed by atoms with Crippen LogP contribution in [0.2, 0.25) is 0 Å². The summed E-state index contributed by atoms with van der Waals surface area (Å²) in [6, 6.07) is 18.0. The Hall–Kier alpha value is -2.13. The highest BCUT2D eigenvalue weighted by Gasteiger charge is 2.25. The Labute approximate surface area is 208 Å². The normalized spacial score (nSPS) is 15.9. The van der Waals surface area contributed by atoms with Gasteiger partial charge in [0.1, 0.15) is 0 Å². The number of carbonyl (C=O) groups is 1. The number of aliphatic imine (C=N–C) groups is 1. The average Bonchev–Trinajstić information content (AvgIpc) is 3.27. The molecule has 3 rings (SSSR count). The molecular formula is C25H35IN4O2. The minimum absolute atomic E-state index is 0. The molecule has 2 aromatic rings. The number of hydrogen-bond acceptors (Lipinski definition) is 3. The van der Waals surface area contributed by atoms with Gasteiger partial charge in [-0.05, 0) is 36.1 Å². The molecule has 0 spiro atoms. The van der Waals surface area contributed by atoms with Gasteiger partial charge in [0.15, 0.2) is 5.96 Å². The number of benzene rings is 2. The molecule has 1 heterocycles. The van der Waals surface area contributed by atoms with Gasteiger partial charge in [0, 0.05) is 44.7 Å². The van der Waals surface area contributed by atoms with Crippen LogP contribution in [0.15, 0.2) is 59.6 Å². The van der Waals surface area contributed by atoms with E-state index < -0.39 is 0 Å². The summed E-state index contributed by atoms with van der Waals surface area (Å²) in [5.41, 5.74) is 2.97. The molecule has 1 fully saturated rings. The maximum atomic E-state index is 12.2. The minimum atomic E-state index is -0.0223. The molecule has 174 valence electrons. The van der Waals surface area contributed by atoms with Gasteiger partial charge in [-0.25, -0.2) is 0 Å². The van der Waals surface area contributed by atoms with Crippen LogP contribution in [0.4, 0.5) is 0 Å². The molecule has 1 aliphatic rings. The maximum absolute atomic E-state index is 12.2. The predicted octanol–water partition coefficient (Wildman–Crippen LogP) is 4.06. The molecule has 1 atom stereocenters. The highest BCUT2D eigenvalue weighted by molar-refractivity contribution is 14.0. The fourth-order valence-corrected chi connectivity index (χ4v) is 3.76. The highest BCUT2D eigenvalue weighted by Crippen LogP contribution is 2.17. The monoisotopic (exact) mass is 550 g/mol.